The number of allylic oxidation sites excluding steroid dienone is 1. The maximum absolute atomic E-state index is 12.5. The van der Waals surface area contributed by atoms with Crippen LogP contribution in [-0.2, 0) is 22.4 Å². The van der Waals surface area contributed by atoms with Crippen molar-refractivity contribution in [3.8, 4) is 0 Å². The van der Waals surface area contributed by atoms with Gasteiger partial charge in [0.05, 0.1) is 11.1 Å². The van der Waals surface area contributed by atoms with Crippen molar-refractivity contribution in [3.05, 3.63) is 70.3 Å². The zero-order chi connectivity index (χ0) is 19.4. The number of carboxylic acid groups (broad SMARTS) is 1. The standard InChI is InChI=1S/C22H21NO4/c1-23-19-9-4-7-15-12-18(21(25)13-17(15)19)20(24)10-3-6-14-5-2-8-16(11-14)22(26)27/h2,4-5,7-9,11-12,23H,3,6,10,13H2,1H3,(H,26,27). The van der Waals surface area contributed by atoms with E-state index < -0.39 is 5.97 Å². The smallest absolute Gasteiger partial charge is 0.335 e. The molecule has 0 radical (unpaired) electrons. The average Bonchev–Trinajstić information content (AvgIpc) is 2.67. The Hall–Kier alpha value is -3.21. The lowest BCUT2D eigenvalue weighted by Gasteiger charge is -2.18. The predicted molar refractivity (Wildman–Crippen MR) is 104 cm³/mol. The van der Waals surface area contributed by atoms with E-state index in [1.807, 2.05) is 31.3 Å². The summed E-state index contributed by atoms with van der Waals surface area (Å²) in [5.41, 5.74) is 4.10. The van der Waals surface area contributed by atoms with E-state index in [0.717, 1.165) is 22.4 Å². The molecule has 2 aromatic rings. The van der Waals surface area contributed by atoms with Crippen LogP contribution in [0.2, 0.25) is 0 Å². The molecule has 1 aliphatic rings. The highest BCUT2D eigenvalue weighted by Crippen LogP contribution is 2.28. The number of benzene rings is 2. The van der Waals surface area contributed by atoms with Crippen molar-refractivity contribution in [3.63, 3.8) is 0 Å². The van der Waals surface area contributed by atoms with E-state index >= 15 is 0 Å². The number of nitrogens with one attached hydrogen (secondary N) is 1. The van der Waals surface area contributed by atoms with Crippen molar-refractivity contribution in [1.82, 2.24) is 0 Å². The summed E-state index contributed by atoms with van der Waals surface area (Å²) in [7, 11) is 1.81. The molecule has 27 heavy (non-hydrogen) atoms. The molecule has 5 heteroatoms. The molecule has 0 saturated carbocycles. The third-order valence-corrected chi connectivity index (χ3v) is 4.76. The molecule has 0 amide bonds. The molecule has 0 bridgehead atoms. The number of anilines is 1. The zero-order valence-electron chi connectivity index (χ0n) is 15.1. The van der Waals surface area contributed by atoms with E-state index in [4.69, 9.17) is 5.11 Å². The first-order valence-corrected chi connectivity index (χ1v) is 8.89. The van der Waals surface area contributed by atoms with E-state index in [2.05, 4.69) is 5.32 Å². The molecule has 0 fully saturated rings. The first-order valence-electron chi connectivity index (χ1n) is 8.89. The van der Waals surface area contributed by atoms with Gasteiger partial charge in [-0.1, -0.05) is 24.3 Å². The Labute approximate surface area is 157 Å². The van der Waals surface area contributed by atoms with Crippen molar-refractivity contribution in [2.45, 2.75) is 25.7 Å². The average molecular weight is 363 g/mol. The van der Waals surface area contributed by atoms with E-state index in [1.54, 1.807) is 24.3 Å². The van der Waals surface area contributed by atoms with Gasteiger partial charge >= 0.3 is 5.97 Å². The maximum Gasteiger partial charge on any atom is 0.335 e. The molecule has 2 N–H and O–H groups in total. The second-order valence-electron chi connectivity index (χ2n) is 6.56. The van der Waals surface area contributed by atoms with Gasteiger partial charge in [0.25, 0.3) is 0 Å². The molecule has 2 aromatic carbocycles. The number of carbonyl (C=O) groups excluding carboxylic acids is 2. The molecule has 0 unspecified atom stereocenters. The normalized spacial score (nSPS) is 12.9. The summed E-state index contributed by atoms with van der Waals surface area (Å²) in [5, 5.41) is 12.1. The fourth-order valence-corrected chi connectivity index (χ4v) is 3.35. The SMILES string of the molecule is CNc1cccc2c1CC(=O)C(C(=O)CCCc1cccc(C(=O)O)c1)=C2. The van der Waals surface area contributed by atoms with Crippen LogP contribution < -0.4 is 5.32 Å². The quantitative estimate of drug-likeness (QED) is 0.735. The van der Waals surface area contributed by atoms with Gasteiger partial charge in [-0.2, -0.15) is 0 Å². The van der Waals surface area contributed by atoms with E-state index in [0.29, 0.717) is 12.8 Å². The minimum absolute atomic E-state index is 0.150. The fraction of sp³-hybridized carbons (Fsp3) is 0.227. The van der Waals surface area contributed by atoms with Gasteiger partial charge in [-0.05, 0) is 53.8 Å². The Morgan fingerprint density at radius 3 is 2.67 bits per heavy atom. The largest absolute Gasteiger partial charge is 0.478 e. The van der Waals surface area contributed by atoms with Crippen LogP contribution in [0.5, 0.6) is 0 Å². The molecular weight excluding hydrogens is 342 g/mol. The van der Waals surface area contributed by atoms with Crippen LogP contribution in [0.25, 0.3) is 6.08 Å². The number of ketones is 2. The number of fused-ring (bicyclic) bond motifs is 1. The molecule has 0 aromatic heterocycles. The maximum atomic E-state index is 12.5. The highest BCUT2D eigenvalue weighted by molar-refractivity contribution is 6.25. The summed E-state index contributed by atoms with van der Waals surface area (Å²) in [6, 6.07) is 12.4. The topological polar surface area (TPSA) is 83.5 Å². The molecule has 1 aliphatic carbocycles. The lowest BCUT2D eigenvalue weighted by Crippen LogP contribution is -2.20. The van der Waals surface area contributed by atoms with Gasteiger partial charge in [0, 0.05) is 25.6 Å². The predicted octanol–water partition coefficient (Wildman–Crippen LogP) is 3.53. The van der Waals surface area contributed by atoms with Crippen molar-refractivity contribution in [1.29, 1.82) is 0 Å². The summed E-state index contributed by atoms with van der Waals surface area (Å²) in [4.78, 5) is 36.0. The van der Waals surface area contributed by atoms with Gasteiger partial charge in [-0.25, -0.2) is 4.79 Å². The van der Waals surface area contributed by atoms with Gasteiger partial charge < -0.3 is 10.4 Å². The monoisotopic (exact) mass is 363 g/mol. The third kappa shape index (κ3) is 4.14. The Bertz CT molecular complexity index is 943. The first kappa shape index (κ1) is 18.6. The van der Waals surface area contributed by atoms with Gasteiger partial charge in [0.1, 0.15) is 0 Å². The molecule has 0 saturated heterocycles. The summed E-state index contributed by atoms with van der Waals surface area (Å²) in [6.45, 7) is 0. The van der Waals surface area contributed by atoms with Crippen LogP contribution in [0.15, 0.2) is 48.0 Å². The zero-order valence-corrected chi connectivity index (χ0v) is 15.1. The second kappa shape index (κ2) is 7.99. The number of carboxylic acids is 1. The van der Waals surface area contributed by atoms with Crippen LogP contribution in [0.1, 0.15) is 39.9 Å². The van der Waals surface area contributed by atoms with E-state index in [1.165, 1.54) is 0 Å². The van der Waals surface area contributed by atoms with Crippen LogP contribution in [0, 0.1) is 0 Å². The molecule has 0 atom stereocenters. The lowest BCUT2D eigenvalue weighted by atomic mass is 9.87. The number of hydrogen-bond acceptors (Lipinski definition) is 4. The molecule has 5 nitrogen and oxygen atoms in total. The highest BCUT2D eigenvalue weighted by Gasteiger charge is 2.24. The lowest BCUT2D eigenvalue weighted by molar-refractivity contribution is -0.121. The fourth-order valence-electron chi connectivity index (χ4n) is 3.35. The molecule has 0 spiro atoms. The van der Waals surface area contributed by atoms with E-state index in [9.17, 15) is 14.4 Å². The molecule has 0 aliphatic heterocycles. The minimum Gasteiger partial charge on any atom is -0.478 e. The summed E-state index contributed by atoms with van der Waals surface area (Å²) in [5.74, 6) is -1.27. The number of carbonyl (C=O) groups is 3. The van der Waals surface area contributed by atoms with Gasteiger partial charge in [-0.15, -0.1) is 0 Å². The minimum atomic E-state index is -0.967. The molecule has 138 valence electrons. The Morgan fingerprint density at radius 1 is 1.15 bits per heavy atom. The number of hydrogen-bond donors (Lipinski definition) is 2. The molecule has 0 heterocycles. The first-order chi connectivity index (χ1) is 13.0. The summed E-state index contributed by atoms with van der Waals surface area (Å²) in [6.07, 6.45) is 3.33. The molecule has 3 rings (SSSR count). The third-order valence-electron chi connectivity index (χ3n) is 4.76. The second-order valence-corrected chi connectivity index (χ2v) is 6.56. The highest BCUT2D eigenvalue weighted by atomic mass is 16.4. The van der Waals surface area contributed by atoms with E-state index in [-0.39, 0.29) is 35.5 Å². The summed E-state index contributed by atoms with van der Waals surface area (Å²) < 4.78 is 0. The van der Waals surface area contributed by atoms with Gasteiger partial charge in [0.2, 0.25) is 0 Å². The summed E-state index contributed by atoms with van der Waals surface area (Å²) >= 11 is 0. The van der Waals surface area contributed by atoms with Gasteiger partial charge in [0.15, 0.2) is 11.6 Å². The van der Waals surface area contributed by atoms with Crippen molar-refractivity contribution >= 4 is 29.3 Å². The van der Waals surface area contributed by atoms with Crippen molar-refractivity contribution < 1.29 is 19.5 Å². The Balaban J connectivity index is 1.67. The Kier molecular flexibility index (Phi) is 5.50. The van der Waals surface area contributed by atoms with Crippen molar-refractivity contribution in [2.24, 2.45) is 0 Å². The number of Topliss-reactive ketones (excluding diaryl/α,β-unsaturated/α-hetero) is 2. The van der Waals surface area contributed by atoms with Crippen LogP contribution in [-0.4, -0.2) is 29.7 Å². The Morgan fingerprint density at radius 2 is 1.93 bits per heavy atom. The van der Waals surface area contributed by atoms with Gasteiger partial charge in [-0.3, -0.25) is 9.59 Å². The number of rotatable bonds is 7. The number of aromatic carboxylic acids is 1. The van der Waals surface area contributed by atoms with Crippen LogP contribution in [0.3, 0.4) is 0 Å². The van der Waals surface area contributed by atoms with Crippen LogP contribution in [0.4, 0.5) is 5.69 Å². The molecular formula is C22H21NO4. The van der Waals surface area contributed by atoms with Crippen LogP contribution >= 0.6 is 0 Å². The number of aryl methyl sites for hydroxylation is 1. The van der Waals surface area contributed by atoms with Crippen molar-refractivity contribution in [2.75, 3.05) is 12.4 Å².